The van der Waals surface area contributed by atoms with Gasteiger partial charge in [0.25, 0.3) is 0 Å². The van der Waals surface area contributed by atoms with E-state index in [1.807, 2.05) is 6.92 Å². The van der Waals surface area contributed by atoms with Crippen LogP contribution in [0.25, 0.3) is 0 Å². The van der Waals surface area contributed by atoms with E-state index in [4.69, 9.17) is 5.84 Å². The van der Waals surface area contributed by atoms with E-state index in [9.17, 15) is 0 Å². The molecule has 0 saturated carbocycles. The molecule has 50 valence electrons. The van der Waals surface area contributed by atoms with Gasteiger partial charge in [-0.05, 0) is 0 Å². The summed E-state index contributed by atoms with van der Waals surface area (Å²) in [7, 11) is 1.71. The molecule has 8 heavy (non-hydrogen) atoms. The van der Waals surface area contributed by atoms with Gasteiger partial charge in [0.05, 0.1) is 0 Å². The summed E-state index contributed by atoms with van der Waals surface area (Å²) in [5.41, 5.74) is 2.45. The summed E-state index contributed by atoms with van der Waals surface area (Å²) in [5, 5.41) is 0. The fraction of sp³-hybridized carbons (Fsp3) is 0.750. The fourth-order valence-corrected chi connectivity index (χ4v) is 0.325. The van der Waals surface area contributed by atoms with Gasteiger partial charge in [-0.3, -0.25) is 4.99 Å². The standard InChI is InChI=1S/C4H11N3.ClH/c1-3-4(6-2)7-5;/h3,5H2,1-2H3,(H,6,7);1H. The van der Waals surface area contributed by atoms with Crippen LogP contribution in [0, 0.1) is 0 Å². The Bertz CT molecular complexity index is 65.7. The van der Waals surface area contributed by atoms with Crippen molar-refractivity contribution in [2.24, 2.45) is 10.8 Å². The zero-order valence-corrected chi connectivity index (χ0v) is 5.96. The number of hydrogen-bond acceptors (Lipinski definition) is 2. The molecule has 0 aromatic rings. The Morgan fingerprint density at radius 2 is 2.25 bits per heavy atom. The van der Waals surface area contributed by atoms with E-state index in [-0.39, 0.29) is 12.4 Å². The topological polar surface area (TPSA) is 50.4 Å². The van der Waals surface area contributed by atoms with Crippen LogP contribution in [0.15, 0.2) is 4.99 Å². The van der Waals surface area contributed by atoms with Gasteiger partial charge in [0.2, 0.25) is 0 Å². The molecule has 0 aliphatic heterocycles. The minimum Gasteiger partial charge on any atom is -0.312 e. The Labute approximate surface area is 55.7 Å². The first-order valence-corrected chi connectivity index (χ1v) is 2.27. The lowest BCUT2D eigenvalue weighted by molar-refractivity contribution is 0.972. The molecule has 0 aromatic heterocycles. The summed E-state index contributed by atoms with van der Waals surface area (Å²) in [6.07, 6.45) is 0.868. The van der Waals surface area contributed by atoms with Crippen molar-refractivity contribution in [2.45, 2.75) is 13.3 Å². The summed E-state index contributed by atoms with van der Waals surface area (Å²) in [6, 6.07) is 0. The summed E-state index contributed by atoms with van der Waals surface area (Å²) < 4.78 is 0. The number of hydrazine groups is 1. The van der Waals surface area contributed by atoms with Gasteiger partial charge in [0, 0.05) is 13.5 Å². The van der Waals surface area contributed by atoms with E-state index in [2.05, 4.69) is 10.4 Å². The van der Waals surface area contributed by atoms with Gasteiger partial charge in [-0.2, -0.15) is 0 Å². The second kappa shape index (κ2) is 6.72. The van der Waals surface area contributed by atoms with Gasteiger partial charge in [-0.1, -0.05) is 6.92 Å². The highest BCUT2D eigenvalue weighted by atomic mass is 35.5. The van der Waals surface area contributed by atoms with Crippen LogP contribution in [0.4, 0.5) is 0 Å². The number of aliphatic imine (C=N–C) groups is 1. The zero-order chi connectivity index (χ0) is 5.70. The number of nitrogens with two attached hydrogens (primary N) is 1. The van der Waals surface area contributed by atoms with E-state index in [0.29, 0.717) is 0 Å². The molecule has 0 heterocycles. The molecule has 0 aliphatic carbocycles. The third-order valence-electron chi connectivity index (χ3n) is 0.771. The molecular weight excluding hydrogens is 126 g/mol. The van der Waals surface area contributed by atoms with Gasteiger partial charge in [-0.25, -0.2) is 5.84 Å². The Morgan fingerprint density at radius 1 is 1.75 bits per heavy atom. The summed E-state index contributed by atoms with van der Waals surface area (Å²) in [6.45, 7) is 1.99. The van der Waals surface area contributed by atoms with Crippen molar-refractivity contribution in [3.63, 3.8) is 0 Å². The van der Waals surface area contributed by atoms with E-state index in [0.717, 1.165) is 12.3 Å². The lowest BCUT2D eigenvalue weighted by Gasteiger charge is -1.96. The number of rotatable bonds is 1. The van der Waals surface area contributed by atoms with E-state index >= 15 is 0 Å². The minimum absolute atomic E-state index is 0. The Kier molecular flexibility index (Phi) is 8.95. The van der Waals surface area contributed by atoms with Crippen molar-refractivity contribution < 1.29 is 0 Å². The largest absolute Gasteiger partial charge is 0.312 e. The van der Waals surface area contributed by atoms with Gasteiger partial charge < -0.3 is 5.43 Å². The van der Waals surface area contributed by atoms with Crippen LogP contribution in [0.1, 0.15) is 13.3 Å². The maximum absolute atomic E-state index is 5.01. The third kappa shape index (κ3) is 3.89. The first-order chi connectivity index (χ1) is 3.35. The highest BCUT2D eigenvalue weighted by Gasteiger charge is 1.82. The first-order valence-electron chi connectivity index (χ1n) is 2.27. The van der Waals surface area contributed by atoms with Gasteiger partial charge in [-0.15, -0.1) is 12.4 Å². The third-order valence-corrected chi connectivity index (χ3v) is 0.771. The number of nitrogens with one attached hydrogen (secondary N) is 1. The van der Waals surface area contributed by atoms with Crippen molar-refractivity contribution >= 4 is 18.2 Å². The molecule has 0 radical (unpaired) electrons. The highest BCUT2D eigenvalue weighted by Crippen LogP contribution is 1.73. The molecule has 0 rings (SSSR count). The quantitative estimate of drug-likeness (QED) is 0.237. The Morgan fingerprint density at radius 3 is 2.25 bits per heavy atom. The average molecular weight is 138 g/mol. The molecule has 0 atom stereocenters. The van der Waals surface area contributed by atoms with Crippen LogP contribution >= 0.6 is 12.4 Å². The SMILES string of the molecule is CCC(=NC)NN.Cl. The predicted octanol–water partition coefficient (Wildman–Crippen LogP) is 0.310. The zero-order valence-electron chi connectivity index (χ0n) is 5.14. The predicted molar refractivity (Wildman–Crippen MR) is 38.2 cm³/mol. The molecule has 0 fully saturated rings. The maximum Gasteiger partial charge on any atom is 0.110 e. The van der Waals surface area contributed by atoms with Crippen molar-refractivity contribution in [1.29, 1.82) is 0 Å². The second-order valence-electron chi connectivity index (χ2n) is 1.17. The molecule has 3 N–H and O–H groups in total. The molecule has 0 amide bonds. The van der Waals surface area contributed by atoms with Crippen LogP contribution in [0.5, 0.6) is 0 Å². The monoisotopic (exact) mass is 137 g/mol. The highest BCUT2D eigenvalue weighted by molar-refractivity contribution is 5.85. The van der Waals surface area contributed by atoms with Crippen molar-refractivity contribution in [3.05, 3.63) is 0 Å². The van der Waals surface area contributed by atoms with Gasteiger partial charge >= 0.3 is 0 Å². The van der Waals surface area contributed by atoms with Crippen LogP contribution in [0.3, 0.4) is 0 Å². The van der Waals surface area contributed by atoms with Crippen molar-refractivity contribution in [1.82, 2.24) is 5.43 Å². The number of hydrogen-bond donors (Lipinski definition) is 2. The molecular formula is C4H12ClN3. The number of amidine groups is 1. The van der Waals surface area contributed by atoms with Gasteiger partial charge in [0.15, 0.2) is 0 Å². The first kappa shape index (κ1) is 10.7. The molecule has 3 nitrogen and oxygen atoms in total. The van der Waals surface area contributed by atoms with E-state index in [1.165, 1.54) is 0 Å². The average Bonchev–Trinajstić information content (AvgIpc) is 1.72. The molecule has 0 saturated heterocycles. The molecule has 0 unspecified atom stereocenters. The van der Waals surface area contributed by atoms with Crippen LogP contribution in [-0.2, 0) is 0 Å². The molecule has 0 aliphatic rings. The lowest BCUT2D eigenvalue weighted by Crippen LogP contribution is -2.29. The van der Waals surface area contributed by atoms with Crippen molar-refractivity contribution in [2.75, 3.05) is 7.05 Å². The van der Waals surface area contributed by atoms with E-state index in [1.54, 1.807) is 7.05 Å². The van der Waals surface area contributed by atoms with Crippen molar-refractivity contribution in [3.8, 4) is 0 Å². The summed E-state index contributed by atoms with van der Waals surface area (Å²) in [5.74, 6) is 5.85. The number of halogens is 1. The van der Waals surface area contributed by atoms with E-state index < -0.39 is 0 Å². The van der Waals surface area contributed by atoms with Gasteiger partial charge in [0.1, 0.15) is 5.84 Å². The molecule has 4 heteroatoms. The van der Waals surface area contributed by atoms with Crippen LogP contribution in [-0.4, -0.2) is 12.9 Å². The minimum atomic E-state index is 0. The smallest absolute Gasteiger partial charge is 0.110 e. The Balaban J connectivity index is 0. The normalized spacial score (nSPS) is 10.1. The van der Waals surface area contributed by atoms with Crippen LogP contribution < -0.4 is 11.3 Å². The number of nitrogens with zero attached hydrogens (tertiary/aromatic N) is 1. The fourth-order valence-electron chi connectivity index (χ4n) is 0.325. The maximum atomic E-state index is 5.01. The molecule has 0 spiro atoms. The summed E-state index contributed by atoms with van der Waals surface area (Å²) in [4.78, 5) is 3.81. The summed E-state index contributed by atoms with van der Waals surface area (Å²) >= 11 is 0. The molecule has 0 bridgehead atoms. The molecule has 0 aromatic carbocycles. The second-order valence-corrected chi connectivity index (χ2v) is 1.17. The lowest BCUT2D eigenvalue weighted by atomic mass is 10.4. The Hall–Kier alpha value is -0.280. The van der Waals surface area contributed by atoms with Crippen LogP contribution in [0.2, 0.25) is 0 Å².